The summed E-state index contributed by atoms with van der Waals surface area (Å²) in [5.41, 5.74) is 2.49. The van der Waals surface area contributed by atoms with Gasteiger partial charge in [0.1, 0.15) is 11.6 Å². The molecule has 0 aromatic carbocycles. The second-order valence-corrected chi connectivity index (χ2v) is 9.44. The second-order valence-electron chi connectivity index (χ2n) is 8.41. The van der Waals surface area contributed by atoms with Crippen LogP contribution in [0.5, 0.6) is 5.88 Å². The number of aromatic nitrogens is 4. The Balaban J connectivity index is 1.72. The molecule has 3 aromatic heterocycles. The molecule has 0 bridgehead atoms. The van der Waals surface area contributed by atoms with Gasteiger partial charge in [-0.3, -0.25) is 4.79 Å². The number of rotatable bonds is 4. The number of ether oxygens (including phenoxy) is 1. The van der Waals surface area contributed by atoms with Crippen LogP contribution < -0.4 is 10.1 Å². The smallest absolute Gasteiger partial charge is 0.241 e. The second kappa shape index (κ2) is 6.84. The van der Waals surface area contributed by atoms with Crippen LogP contribution in [0.25, 0.3) is 21.6 Å². The predicted octanol–water partition coefficient (Wildman–Crippen LogP) is 3.29. The lowest BCUT2D eigenvalue weighted by Crippen LogP contribution is -2.26. The van der Waals surface area contributed by atoms with Crippen LogP contribution in [-0.4, -0.2) is 38.1 Å². The zero-order valence-corrected chi connectivity index (χ0v) is 17.6. The van der Waals surface area contributed by atoms with Crippen molar-refractivity contribution in [2.45, 2.75) is 45.6 Å². The third-order valence-corrected chi connectivity index (χ3v) is 6.48. The Morgan fingerprint density at radius 1 is 1.36 bits per heavy atom. The molecule has 4 heterocycles. The molecule has 7 nitrogen and oxygen atoms in total. The van der Waals surface area contributed by atoms with E-state index in [1.807, 2.05) is 30.8 Å². The van der Waals surface area contributed by atoms with Gasteiger partial charge in [-0.1, -0.05) is 20.8 Å². The van der Waals surface area contributed by atoms with Crippen molar-refractivity contribution in [2.75, 3.05) is 6.54 Å². The van der Waals surface area contributed by atoms with Crippen LogP contribution in [0.3, 0.4) is 0 Å². The maximum absolute atomic E-state index is 11.6. The molecule has 0 radical (unpaired) electrons. The molecule has 8 heteroatoms. The van der Waals surface area contributed by atoms with Crippen LogP contribution in [0.2, 0.25) is 0 Å². The fraction of sp³-hybridized carbons (Fsp3) is 0.500. The molecule has 0 saturated carbocycles. The van der Waals surface area contributed by atoms with Crippen molar-refractivity contribution in [1.29, 1.82) is 0 Å². The quantitative estimate of drug-likeness (QED) is 0.728. The number of carbonyl (C=O) groups is 1. The third kappa shape index (κ3) is 3.48. The monoisotopic (exact) mass is 399 g/mol. The van der Waals surface area contributed by atoms with Crippen LogP contribution in [-0.2, 0) is 17.3 Å². The summed E-state index contributed by atoms with van der Waals surface area (Å²) in [5, 5.41) is 3.94. The topological polar surface area (TPSA) is 81.9 Å². The minimum atomic E-state index is -0.133. The summed E-state index contributed by atoms with van der Waals surface area (Å²) in [6.07, 6.45) is 3.99. The van der Waals surface area contributed by atoms with E-state index in [0.29, 0.717) is 18.8 Å². The van der Waals surface area contributed by atoms with Gasteiger partial charge < -0.3 is 14.6 Å². The molecule has 28 heavy (non-hydrogen) atoms. The molecule has 2 atom stereocenters. The lowest BCUT2D eigenvalue weighted by atomic mass is 9.98. The molecule has 1 amide bonds. The van der Waals surface area contributed by atoms with Crippen molar-refractivity contribution >= 4 is 28.3 Å². The van der Waals surface area contributed by atoms with Gasteiger partial charge in [-0.2, -0.15) is 0 Å². The summed E-state index contributed by atoms with van der Waals surface area (Å²) in [6, 6.07) is 1.98. The number of thiazole rings is 1. The maximum atomic E-state index is 11.6. The fourth-order valence-electron chi connectivity index (χ4n) is 3.32. The molecule has 1 saturated heterocycles. The highest BCUT2D eigenvalue weighted by molar-refractivity contribution is 7.15. The normalized spacial score (nSPS) is 18.5. The van der Waals surface area contributed by atoms with Gasteiger partial charge in [-0.05, 0) is 13.0 Å². The van der Waals surface area contributed by atoms with Crippen molar-refractivity contribution in [3.63, 3.8) is 0 Å². The lowest BCUT2D eigenvalue weighted by Gasteiger charge is -2.20. The number of imidazole rings is 1. The predicted molar refractivity (Wildman–Crippen MR) is 110 cm³/mol. The first-order chi connectivity index (χ1) is 13.2. The summed E-state index contributed by atoms with van der Waals surface area (Å²) in [6.45, 7) is 9.08. The van der Waals surface area contributed by atoms with Crippen LogP contribution >= 0.6 is 11.3 Å². The molecule has 3 aromatic rings. The van der Waals surface area contributed by atoms with E-state index >= 15 is 0 Å². The molecular formula is C20H25N5O2S. The molecule has 1 fully saturated rings. The highest BCUT2D eigenvalue weighted by Crippen LogP contribution is 2.35. The maximum Gasteiger partial charge on any atom is 0.241 e. The molecule has 148 valence electrons. The van der Waals surface area contributed by atoms with Gasteiger partial charge in [-0.15, -0.1) is 11.3 Å². The van der Waals surface area contributed by atoms with Crippen molar-refractivity contribution in [1.82, 2.24) is 24.8 Å². The Labute approximate surface area is 168 Å². The average molecular weight is 400 g/mol. The first-order valence-electron chi connectivity index (χ1n) is 9.44. The Hall–Kier alpha value is -2.48. The number of nitrogens with one attached hydrogen (secondary N) is 1. The molecule has 0 aliphatic carbocycles. The molecule has 1 aliphatic rings. The van der Waals surface area contributed by atoms with E-state index in [0.717, 1.165) is 26.6 Å². The van der Waals surface area contributed by atoms with E-state index in [4.69, 9.17) is 9.72 Å². The zero-order valence-electron chi connectivity index (χ0n) is 16.8. The van der Waals surface area contributed by atoms with Gasteiger partial charge in [0.25, 0.3) is 0 Å². The van der Waals surface area contributed by atoms with Gasteiger partial charge in [0.2, 0.25) is 11.8 Å². The number of nitrogens with zero attached hydrogens (tertiary/aromatic N) is 4. The lowest BCUT2D eigenvalue weighted by molar-refractivity contribution is -0.119. The number of hydrogen-bond donors (Lipinski definition) is 1. The fourth-order valence-corrected chi connectivity index (χ4v) is 4.25. The van der Waals surface area contributed by atoms with E-state index in [1.165, 1.54) is 0 Å². The average Bonchev–Trinajstić information content (AvgIpc) is 3.34. The SMILES string of the molecule is C[C@@H](Oc1nc(-c2cnc(C(C)(C)C)s2)cc2ncn(C)c12)C1CNC(=O)C1. The summed E-state index contributed by atoms with van der Waals surface area (Å²) >= 11 is 1.64. The number of fused-ring (bicyclic) bond motifs is 1. The molecule has 0 spiro atoms. The zero-order chi connectivity index (χ0) is 20.1. The third-order valence-electron chi connectivity index (χ3n) is 5.03. The highest BCUT2D eigenvalue weighted by atomic mass is 32.1. The molecule has 1 aliphatic heterocycles. The van der Waals surface area contributed by atoms with Crippen molar-refractivity contribution in [3.8, 4) is 16.5 Å². The Bertz CT molecular complexity index is 1030. The summed E-state index contributed by atoms with van der Waals surface area (Å²) < 4.78 is 8.17. The van der Waals surface area contributed by atoms with Crippen LogP contribution in [0.4, 0.5) is 0 Å². The van der Waals surface area contributed by atoms with Crippen LogP contribution in [0, 0.1) is 5.92 Å². The highest BCUT2D eigenvalue weighted by Gasteiger charge is 2.29. The molecule has 1 N–H and O–H groups in total. The molecule has 4 rings (SSSR count). The van der Waals surface area contributed by atoms with Gasteiger partial charge in [0.15, 0.2) is 0 Å². The Morgan fingerprint density at radius 2 is 2.14 bits per heavy atom. The number of carbonyl (C=O) groups excluding carboxylic acids is 1. The van der Waals surface area contributed by atoms with E-state index in [9.17, 15) is 4.79 Å². The van der Waals surface area contributed by atoms with E-state index < -0.39 is 0 Å². The first kappa shape index (κ1) is 18.9. The van der Waals surface area contributed by atoms with Crippen molar-refractivity contribution < 1.29 is 9.53 Å². The van der Waals surface area contributed by atoms with Crippen molar-refractivity contribution in [2.24, 2.45) is 13.0 Å². The standard InChI is InChI=1S/C20H25N5O2S/c1-11(12-6-16(26)21-8-12)27-18-17-14(23-10-25(17)5)7-13(24-18)15-9-22-19(28-15)20(2,3)4/h7,9-12H,6,8H2,1-5H3,(H,21,26)/t11-,12?/m1/s1. The van der Waals surface area contributed by atoms with Gasteiger partial charge in [-0.25, -0.2) is 15.0 Å². The summed E-state index contributed by atoms with van der Waals surface area (Å²) in [7, 11) is 1.93. The minimum Gasteiger partial charge on any atom is -0.473 e. The molecule has 1 unspecified atom stereocenters. The number of amides is 1. The summed E-state index contributed by atoms with van der Waals surface area (Å²) in [5.74, 6) is 0.759. The number of hydrogen-bond acceptors (Lipinski definition) is 6. The van der Waals surface area contributed by atoms with E-state index in [2.05, 4.69) is 36.1 Å². The van der Waals surface area contributed by atoms with E-state index in [-0.39, 0.29) is 23.3 Å². The first-order valence-corrected chi connectivity index (χ1v) is 10.3. The molecular weight excluding hydrogens is 374 g/mol. The van der Waals surface area contributed by atoms with Crippen LogP contribution in [0.1, 0.15) is 39.1 Å². The Kier molecular flexibility index (Phi) is 4.61. The van der Waals surface area contributed by atoms with Gasteiger partial charge >= 0.3 is 0 Å². The van der Waals surface area contributed by atoms with Crippen molar-refractivity contribution in [3.05, 3.63) is 23.6 Å². The van der Waals surface area contributed by atoms with E-state index in [1.54, 1.807) is 17.7 Å². The number of aryl methyl sites for hydroxylation is 1. The number of pyridine rings is 1. The van der Waals surface area contributed by atoms with Gasteiger partial charge in [0.05, 0.1) is 27.4 Å². The summed E-state index contributed by atoms with van der Waals surface area (Å²) in [4.78, 5) is 26.4. The minimum absolute atomic E-state index is 0.00608. The Morgan fingerprint density at radius 3 is 2.79 bits per heavy atom. The largest absolute Gasteiger partial charge is 0.473 e. The van der Waals surface area contributed by atoms with Crippen LogP contribution in [0.15, 0.2) is 18.6 Å². The van der Waals surface area contributed by atoms with Gasteiger partial charge in [0, 0.05) is 37.5 Å².